The van der Waals surface area contributed by atoms with Crippen molar-refractivity contribution in [2.45, 2.75) is 32.8 Å². The number of piperidine rings is 1. The highest BCUT2D eigenvalue weighted by atomic mass is 16.5. The third kappa shape index (κ3) is 3.12. The summed E-state index contributed by atoms with van der Waals surface area (Å²) in [5, 5.41) is 3.53. The van der Waals surface area contributed by atoms with Gasteiger partial charge < -0.3 is 10.1 Å². The first-order valence-corrected chi connectivity index (χ1v) is 7.01. The molecule has 2 nitrogen and oxygen atoms in total. The van der Waals surface area contributed by atoms with Gasteiger partial charge in [-0.15, -0.1) is 0 Å². The van der Waals surface area contributed by atoms with Crippen LogP contribution in [0, 0.1) is 11.8 Å². The molecule has 0 radical (unpaired) electrons. The lowest BCUT2D eigenvalue weighted by atomic mass is 9.75. The van der Waals surface area contributed by atoms with E-state index in [0.29, 0.717) is 12.5 Å². The van der Waals surface area contributed by atoms with Crippen molar-refractivity contribution in [2.75, 3.05) is 20.2 Å². The lowest BCUT2D eigenvalue weighted by Gasteiger charge is -2.35. The second kappa shape index (κ2) is 6.35. The maximum Gasteiger partial charge on any atom is 0.0713 e. The molecule has 2 unspecified atom stereocenters. The van der Waals surface area contributed by atoms with Gasteiger partial charge in [0.2, 0.25) is 0 Å². The van der Waals surface area contributed by atoms with E-state index in [9.17, 15) is 0 Å². The van der Waals surface area contributed by atoms with Crippen molar-refractivity contribution in [1.82, 2.24) is 5.32 Å². The standard InChI is InChI=1S/C16H25NO/c1-12(2)16-10-17-8-7-15(16)14-6-4-5-13(9-14)11-18-3/h4-6,9,12,15-17H,7-8,10-11H2,1-3H3. The van der Waals surface area contributed by atoms with Gasteiger partial charge >= 0.3 is 0 Å². The molecule has 1 aliphatic heterocycles. The summed E-state index contributed by atoms with van der Waals surface area (Å²) in [5.41, 5.74) is 2.78. The number of benzene rings is 1. The first-order chi connectivity index (χ1) is 8.72. The summed E-state index contributed by atoms with van der Waals surface area (Å²) in [6.07, 6.45) is 1.25. The Morgan fingerprint density at radius 2 is 2.22 bits per heavy atom. The highest BCUT2D eigenvalue weighted by Crippen LogP contribution is 2.35. The lowest BCUT2D eigenvalue weighted by Crippen LogP contribution is -2.38. The van der Waals surface area contributed by atoms with Gasteiger partial charge in [0, 0.05) is 7.11 Å². The summed E-state index contributed by atoms with van der Waals surface area (Å²) in [4.78, 5) is 0. The second-order valence-electron chi connectivity index (χ2n) is 5.69. The van der Waals surface area contributed by atoms with E-state index in [2.05, 4.69) is 43.4 Å². The van der Waals surface area contributed by atoms with E-state index >= 15 is 0 Å². The molecule has 2 atom stereocenters. The molecule has 1 saturated heterocycles. The van der Waals surface area contributed by atoms with Crippen LogP contribution in [0.15, 0.2) is 24.3 Å². The van der Waals surface area contributed by atoms with Crippen molar-refractivity contribution in [3.63, 3.8) is 0 Å². The Morgan fingerprint density at radius 1 is 1.39 bits per heavy atom. The highest BCUT2D eigenvalue weighted by Gasteiger charge is 2.28. The van der Waals surface area contributed by atoms with Crippen LogP contribution in [0.3, 0.4) is 0 Å². The Balaban J connectivity index is 2.19. The van der Waals surface area contributed by atoms with Gasteiger partial charge in [-0.1, -0.05) is 38.1 Å². The van der Waals surface area contributed by atoms with E-state index in [1.54, 1.807) is 7.11 Å². The topological polar surface area (TPSA) is 21.3 Å². The first-order valence-electron chi connectivity index (χ1n) is 7.01. The van der Waals surface area contributed by atoms with E-state index < -0.39 is 0 Å². The van der Waals surface area contributed by atoms with Gasteiger partial charge in [-0.25, -0.2) is 0 Å². The van der Waals surface area contributed by atoms with Crippen molar-refractivity contribution in [3.8, 4) is 0 Å². The molecule has 1 aliphatic rings. The van der Waals surface area contributed by atoms with Crippen LogP contribution in [0.2, 0.25) is 0 Å². The van der Waals surface area contributed by atoms with Crippen LogP contribution in [0.4, 0.5) is 0 Å². The third-order valence-corrected chi connectivity index (χ3v) is 4.08. The Morgan fingerprint density at radius 3 is 2.94 bits per heavy atom. The van der Waals surface area contributed by atoms with Gasteiger partial charge in [-0.05, 0) is 48.4 Å². The van der Waals surface area contributed by atoms with Gasteiger partial charge in [0.05, 0.1) is 6.61 Å². The monoisotopic (exact) mass is 247 g/mol. The number of ether oxygens (including phenoxy) is 1. The fourth-order valence-electron chi connectivity index (χ4n) is 3.08. The maximum atomic E-state index is 5.23. The predicted octanol–water partition coefficient (Wildman–Crippen LogP) is 3.18. The molecular weight excluding hydrogens is 222 g/mol. The largest absolute Gasteiger partial charge is 0.380 e. The molecule has 0 aromatic heterocycles. The van der Waals surface area contributed by atoms with Crippen molar-refractivity contribution < 1.29 is 4.74 Å². The van der Waals surface area contributed by atoms with Gasteiger partial charge in [-0.2, -0.15) is 0 Å². The molecule has 0 amide bonds. The lowest BCUT2D eigenvalue weighted by molar-refractivity contribution is 0.184. The zero-order valence-electron chi connectivity index (χ0n) is 11.8. The number of hydrogen-bond donors (Lipinski definition) is 1. The van der Waals surface area contributed by atoms with Crippen LogP contribution in [-0.4, -0.2) is 20.2 Å². The molecule has 1 aromatic carbocycles. The van der Waals surface area contributed by atoms with Crippen LogP contribution < -0.4 is 5.32 Å². The molecule has 0 aliphatic carbocycles. The van der Waals surface area contributed by atoms with E-state index in [-0.39, 0.29) is 0 Å². The average Bonchev–Trinajstić information content (AvgIpc) is 2.39. The van der Waals surface area contributed by atoms with Crippen LogP contribution in [0.25, 0.3) is 0 Å². The summed E-state index contributed by atoms with van der Waals surface area (Å²) in [7, 11) is 1.76. The summed E-state index contributed by atoms with van der Waals surface area (Å²) < 4.78 is 5.23. The Kier molecular flexibility index (Phi) is 4.79. The number of methoxy groups -OCH3 is 1. The molecule has 0 spiro atoms. The minimum absolute atomic E-state index is 0.697. The molecule has 0 bridgehead atoms. The number of hydrogen-bond acceptors (Lipinski definition) is 2. The summed E-state index contributed by atoms with van der Waals surface area (Å²) >= 11 is 0. The predicted molar refractivity (Wildman–Crippen MR) is 75.7 cm³/mol. The van der Waals surface area contributed by atoms with Crippen molar-refractivity contribution in [2.24, 2.45) is 11.8 Å². The number of nitrogens with one attached hydrogen (secondary N) is 1. The van der Waals surface area contributed by atoms with Crippen LogP contribution in [0.5, 0.6) is 0 Å². The molecular formula is C16H25NO. The van der Waals surface area contributed by atoms with Crippen molar-refractivity contribution >= 4 is 0 Å². The Labute approximate surface area is 111 Å². The maximum absolute atomic E-state index is 5.23. The highest BCUT2D eigenvalue weighted by molar-refractivity contribution is 5.27. The van der Waals surface area contributed by atoms with Crippen LogP contribution in [-0.2, 0) is 11.3 Å². The zero-order chi connectivity index (χ0) is 13.0. The van der Waals surface area contributed by atoms with Gasteiger partial charge in [0.25, 0.3) is 0 Å². The molecule has 2 rings (SSSR count). The average molecular weight is 247 g/mol. The Hall–Kier alpha value is -0.860. The summed E-state index contributed by atoms with van der Waals surface area (Å²) in [6, 6.07) is 8.93. The minimum atomic E-state index is 0.697. The third-order valence-electron chi connectivity index (χ3n) is 4.08. The van der Waals surface area contributed by atoms with Gasteiger partial charge in [-0.3, -0.25) is 0 Å². The minimum Gasteiger partial charge on any atom is -0.380 e. The molecule has 1 heterocycles. The molecule has 18 heavy (non-hydrogen) atoms. The van der Waals surface area contributed by atoms with Gasteiger partial charge in [0.1, 0.15) is 0 Å². The fraction of sp³-hybridized carbons (Fsp3) is 0.625. The molecule has 1 fully saturated rings. The van der Waals surface area contributed by atoms with Crippen molar-refractivity contribution in [3.05, 3.63) is 35.4 Å². The molecule has 1 aromatic rings. The van der Waals surface area contributed by atoms with E-state index in [1.165, 1.54) is 17.5 Å². The van der Waals surface area contributed by atoms with Crippen molar-refractivity contribution in [1.29, 1.82) is 0 Å². The molecule has 100 valence electrons. The summed E-state index contributed by atoms with van der Waals surface area (Å²) in [5.74, 6) is 2.17. The second-order valence-corrected chi connectivity index (χ2v) is 5.69. The SMILES string of the molecule is COCc1cccc(C2CCNCC2C(C)C)c1. The first kappa shape index (κ1) is 13.6. The zero-order valence-corrected chi connectivity index (χ0v) is 11.8. The molecule has 1 N–H and O–H groups in total. The van der Waals surface area contributed by atoms with E-state index in [1.807, 2.05) is 0 Å². The van der Waals surface area contributed by atoms with Crippen LogP contribution in [0.1, 0.15) is 37.3 Å². The quantitative estimate of drug-likeness (QED) is 0.882. The smallest absolute Gasteiger partial charge is 0.0713 e. The fourth-order valence-corrected chi connectivity index (χ4v) is 3.08. The molecule has 2 heteroatoms. The molecule has 0 saturated carbocycles. The Bertz CT molecular complexity index is 375. The van der Waals surface area contributed by atoms with Crippen LogP contribution >= 0.6 is 0 Å². The van der Waals surface area contributed by atoms with E-state index in [0.717, 1.165) is 24.9 Å². The van der Waals surface area contributed by atoms with E-state index in [4.69, 9.17) is 4.74 Å². The number of rotatable bonds is 4. The normalized spacial score (nSPS) is 24.4. The summed E-state index contributed by atoms with van der Waals surface area (Å²) in [6.45, 7) is 7.68. The van der Waals surface area contributed by atoms with Gasteiger partial charge in [0.15, 0.2) is 0 Å².